The Balaban J connectivity index is 1.62. The second-order valence-electron chi connectivity index (χ2n) is 4.83. The molecule has 0 atom stereocenters. The van der Waals surface area contributed by atoms with Gasteiger partial charge in [0.15, 0.2) is 11.5 Å². The van der Waals surface area contributed by atoms with E-state index < -0.39 is 0 Å². The summed E-state index contributed by atoms with van der Waals surface area (Å²) < 4.78 is 10.5. The summed E-state index contributed by atoms with van der Waals surface area (Å²) in [6.45, 7) is 0.181. The molecule has 0 bridgehead atoms. The quantitative estimate of drug-likeness (QED) is 0.846. The maximum Gasteiger partial charge on any atom is 0.231 e. The first-order chi connectivity index (χ1) is 10.2. The number of carbonyl (C=O) groups excluding carboxylic acids is 1. The van der Waals surface area contributed by atoms with Crippen LogP contribution in [0.5, 0.6) is 11.5 Å². The van der Waals surface area contributed by atoms with E-state index in [-0.39, 0.29) is 12.7 Å². The minimum Gasteiger partial charge on any atom is -0.454 e. The molecule has 0 radical (unpaired) electrons. The van der Waals surface area contributed by atoms with Crippen molar-refractivity contribution in [3.63, 3.8) is 0 Å². The number of amides is 1. The molecular formula is C16H16N2O3. The summed E-state index contributed by atoms with van der Waals surface area (Å²) in [7, 11) is 0. The number of ether oxygens (including phenoxy) is 2. The van der Waals surface area contributed by atoms with Crippen molar-refractivity contribution in [2.45, 2.75) is 12.8 Å². The first-order valence-corrected chi connectivity index (χ1v) is 6.75. The van der Waals surface area contributed by atoms with Crippen molar-refractivity contribution in [2.24, 2.45) is 0 Å². The monoisotopic (exact) mass is 284 g/mol. The van der Waals surface area contributed by atoms with Gasteiger partial charge in [-0.2, -0.15) is 0 Å². The third-order valence-electron chi connectivity index (χ3n) is 3.30. The third kappa shape index (κ3) is 3.08. The van der Waals surface area contributed by atoms with Gasteiger partial charge in [-0.15, -0.1) is 0 Å². The van der Waals surface area contributed by atoms with Gasteiger partial charge in [0, 0.05) is 18.6 Å². The van der Waals surface area contributed by atoms with Gasteiger partial charge in [-0.25, -0.2) is 0 Å². The number of nitrogen functional groups attached to an aromatic ring is 1. The van der Waals surface area contributed by atoms with Gasteiger partial charge >= 0.3 is 0 Å². The Morgan fingerprint density at radius 2 is 1.86 bits per heavy atom. The topological polar surface area (TPSA) is 73.6 Å². The second-order valence-corrected chi connectivity index (χ2v) is 4.83. The van der Waals surface area contributed by atoms with Gasteiger partial charge in [0.25, 0.3) is 0 Å². The molecule has 2 aromatic carbocycles. The molecule has 1 heterocycles. The molecule has 0 saturated heterocycles. The minimum atomic E-state index is -0.0792. The highest BCUT2D eigenvalue weighted by molar-refractivity contribution is 5.94. The highest BCUT2D eigenvalue weighted by Crippen LogP contribution is 2.38. The van der Waals surface area contributed by atoms with Crippen molar-refractivity contribution in [1.29, 1.82) is 0 Å². The van der Waals surface area contributed by atoms with E-state index in [1.807, 2.05) is 30.3 Å². The summed E-state index contributed by atoms with van der Waals surface area (Å²) in [6.07, 6.45) is 1.09. The maximum atomic E-state index is 12.0. The smallest absolute Gasteiger partial charge is 0.231 e. The normalized spacial score (nSPS) is 12.2. The van der Waals surface area contributed by atoms with Gasteiger partial charge in [0.1, 0.15) is 0 Å². The predicted octanol–water partition coefficient (Wildman–Crippen LogP) is 2.57. The Labute approximate surface area is 122 Å². The first kappa shape index (κ1) is 13.3. The van der Waals surface area contributed by atoms with E-state index in [4.69, 9.17) is 15.2 Å². The molecule has 5 nitrogen and oxygen atoms in total. The van der Waals surface area contributed by atoms with Crippen LogP contribution in [-0.4, -0.2) is 12.7 Å². The molecule has 0 fully saturated rings. The van der Waals surface area contributed by atoms with Crippen LogP contribution in [0.1, 0.15) is 12.0 Å². The van der Waals surface area contributed by atoms with Gasteiger partial charge in [0.2, 0.25) is 12.7 Å². The molecule has 1 aliphatic rings. The average molecular weight is 284 g/mol. The number of nitrogens with one attached hydrogen (secondary N) is 1. The Morgan fingerprint density at radius 3 is 2.62 bits per heavy atom. The molecule has 0 spiro atoms. The van der Waals surface area contributed by atoms with Gasteiger partial charge in [0.05, 0.1) is 11.4 Å². The molecule has 5 heteroatoms. The molecule has 0 unspecified atom stereocenters. The summed E-state index contributed by atoms with van der Waals surface area (Å²) in [4.78, 5) is 12.0. The Hall–Kier alpha value is -2.69. The van der Waals surface area contributed by atoms with Gasteiger partial charge in [-0.1, -0.05) is 30.3 Å². The van der Waals surface area contributed by atoms with E-state index in [0.29, 0.717) is 35.7 Å². The zero-order chi connectivity index (χ0) is 14.7. The first-order valence-electron chi connectivity index (χ1n) is 6.75. The molecule has 0 saturated carbocycles. The van der Waals surface area contributed by atoms with Crippen LogP contribution in [0.2, 0.25) is 0 Å². The van der Waals surface area contributed by atoms with Crippen molar-refractivity contribution < 1.29 is 14.3 Å². The lowest BCUT2D eigenvalue weighted by Crippen LogP contribution is -2.13. The average Bonchev–Trinajstić information content (AvgIpc) is 2.94. The molecular weight excluding hydrogens is 268 g/mol. The number of nitrogens with two attached hydrogens (primary N) is 1. The van der Waals surface area contributed by atoms with Crippen molar-refractivity contribution in [1.82, 2.24) is 0 Å². The molecule has 2 aromatic rings. The number of fused-ring (bicyclic) bond motifs is 1. The standard InChI is InChI=1S/C16H16N2O3/c17-12-8-14-15(21-10-20-14)9-13(12)18-16(19)7-6-11-4-2-1-3-5-11/h1-5,8-9H,6-7,10,17H2,(H,18,19). The molecule has 3 rings (SSSR count). The number of benzene rings is 2. The van der Waals surface area contributed by atoms with E-state index in [9.17, 15) is 4.79 Å². The highest BCUT2D eigenvalue weighted by Gasteiger charge is 2.17. The van der Waals surface area contributed by atoms with Crippen LogP contribution < -0.4 is 20.5 Å². The lowest BCUT2D eigenvalue weighted by Gasteiger charge is -2.09. The van der Waals surface area contributed by atoms with Gasteiger partial charge < -0.3 is 20.5 Å². The molecule has 108 valence electrons. The number of carbonyl (C=O) groups is 1. The Morgan fingerprint density at radius 1 is 1.14 bits per heavy atom. The third-order valence-corrected chi connectivity index (χ3v) is 3.30. The van der Waals surface area contributed by atoms with Crippen molar-refractivity contribution in [3.05, 3.63) is 48.0 Å². The zero-order valence-electron chi connectivity index (χ0n) is 11.5. The molecule has 3 N–H and O–H groups in total. The fourth-order valence-corrected chi connectivity index (χ4v) is 2.18. The molecule has 0 aromatic heterocycles. The summed E-state index contributed by atoms with van der Waals surface area (Å²) >= 11 is 0. The Kier molecular flexibility index (Phi) is 3.64. The number of anilines is 2. The summed E-state index contributed by atoms with van der Waals surface area (Å²) in [5, 5.41) is 2.81. The molecule has 1 amide bonds. The molecule has 0 aliphatic carbocycles. The molecule has 21 heavy (non-hydrogen) atoms. The number of hydrogen-bond donors (Lipinski definition) is 2. The van der Waals surface area contributed by atoms with E-state index in [1.54, 1.807) is 12.1 Å². The Bertz CT molecular complexity index is 656. The predicted molar refractivity (Wildman–Crippen MR) is 80.4 cm³/mol. The number of hydrogen-bond acceptors (Lipinski definition) is 4. The van der Waals surface area contributed by atoms with Crippen LogP contribution in [-0.2, 0) is 11.2 Å². The lowest BCUT2D eigenvalue weighted by atomic mass is 10.1. The van der Waals surface area contributed by atoms with Crippen molar-refractivity contribution >= 4 is 17.3 Å². The highest BCUT2D eigenvalue weighted by atomic mass is 16.7. The van der Waals surface area contributed by atoms with E-state index >= 15 is 0 Å². The second kappa shape index (κ2) is 5.75. The number of rotatable bonds is 4. The van der Waals surface area contributed by atoms with Gasteiger partial charge in [-0.3, -0.25) is 4.79 Å². The van der Waals surface area contributed by atoms with Crippen molar-refractivity contribution in [3.8, 4) is 11.5 Å². The largest absolute Gasteiger partial charge is 0.454 e. The van der Waals surface area contributed by atoms with Gasteiger partial charge in [-0.05, 0) is 12.0 Å². The van der Waals surface area contributed by atoms with Crippen LogP contribution >= 0.6 is 0 Å². The SMILES string of the molecule is Nc1cc2c(cc1NC(=O)CCc1ccccc1)OCO2. The lowest BCUT2D eigenvalue weighted by molar-refractivity contribution is -0.116. The van der Waals surface area contributed by atoms with E-state index in [1.165, 1.54) is 0 Å². The number of aryl methyl sites for hydroxylation is 1. The zero-order valence-corrected chi connectivity index (χ0v) is 11.5. The maximum absolute atomic E-state index is 12.0. The van der Waals surface area contributed by atoms with Crippen LogP contribution in [0, 0.1) is 0 Å². The van der Waals surface area contributed by atoms with E-state index in [0.717, 1.165) is 5.56 Å². The summed E-state index contributed by atoms with van der Waals surface area (Å²) in [5.41, 5.74) is 8.05. The van der Waals surface area contributed by atoms with Crippen LogP contribution in [0.25, 0.3) is 0 Å². The summed E-state index contributed by atoms with van der Waals surface area (Å²) in [6, 6.07) is 13.2. The molecule has 1 aliphatic heterocycles. The fourth-order valence-electron chi connectivity index (χ4n) is 2.18. The minimum absolute atomic E-state index is 0.0792. The van der Waals surface area contributed by atoms with Crippen molar-refractivity contribution in [2.75, 3.05) is 17.8 Å². The van der Waals surface area contributed by atoms with Crippen LogP contribution in [0.4, 0.5) is 11.4 Å². The fraction of sp³-hybridized carbons (Fsp3) is 0.188. The van der Waals surface area contributed by atoms with Crippen LogP contribution in [0.3, 0.4) is 0 Å². The summed E-state index contributed by atoms with van der Waals surface area (Å²) in [5.74, 6) is 1.13. The van der Waals surface area contributed by atoms with E-state index in [2.05, 4.69) is 5.32 Å². The van der Waals surface area contributed by atoms with Crippen LogP contribution in [0.15, 0.2) is 42.5 Å².